The van der Waals surface area contributed by atoms with Gasteiger partial charge in [0.1, 0.15) is 5.75 Å². The van der Waals surface area contributed by atoms with E-state index in [0.29, 0.717) is 5.13 Å². The zero-order valence-electron chi connectivity index (χ0n) is 14.0. The molecule has 0 unspecified atom stereocenters. The lowest BCUT2D eigenvalue weighted by molar-refractivity contribution is -0.139. The number of rotatable bonds is 6. The minimum absolute atomic E-state index is 0.187. The smallest absolute Gasteiger partial charge is 0.310 e. The number of thiazole rings is 1. The predicted octanol–water partition coefficient (Wildman–Crippen LogP) is 4.28. The average molecular weight is 354 g/mol. The van der Waals surface area contributed by atoms with Crippen LogP contribution in [-0.4, -0.2) is 25.2 Å². The summed E-state index contributed by atoms with van der Waals surface area (Å²) in [7, 11) is 3.01. The van der Waals surface area contributed by atoms with Gasteiger partial charge in [-0.25, -0.2) is 4.98 Å². The second kappa shape index (κ2) is 7.81. The first-order chi connectivity index (χ1) is 12.2. The van der Waals surface area contributed by atoms with Crippen molar-refractivity contribution in [3.05, 3.63) is 59.5 Å². The van der Waals surface area contributed by atoms with Crippen molar-refractivity contribution in [2.45, 2.75) is 6.42 Å². The van der Waals surface area contributed by atoms with Gasteiger partial charge in [-0.1, -0.05) is 42.5 Å². The zero-order chi connectivity index (χ0) is 17.6. The Balaban J connectivity index is 1.96. The monoisotopic (exact) mass is 354 g/mol. The lowest BCUT2D eigenvalue weighted by Crippen LogP contribution is -2.03. The minimum Gasteiger partial charge on any atom is -0.495 e. The van der Waals surface area contributed by atoms with E-state index in [4.69, 9.17) is 9.47 Å². The van der Waals surface area contributed by atoms with Crippen LogP contribution in [0.3, 0.4) is 0 Å². The summed E-state index contributed by atoms with van der Waals surface area (Å²) < 4.78 is 10.2. The molecule has 0 atom stereocenters. The number of hydrogen-bond acceptors (Lipinski definition) is 6. The van der Waals surface area contributed by atoms with Gasteiger partial charge < -0.3 is 14.8 Å². The number of aromatic nitrogens is 1. The van der Waals surface area contributed by atoms with Crippen LogP contribution >= 0.6 is 11.3 Å². The molecule has 0 saturated carbocycles. The van der Waals surface area contributed by atoms with Gasteiger partial charge >= 0.3 is 5.97 Å². The van der Waals surface area contributed by atoms with E-state index in [1.54, 1.807) is 7.11 Å². The van der Waals surface area contributed by atoms with E-state index in [0.717, 1.165) is 27.6 Å². The van der Waals surface area contributed by atoms with Gasteiger partial charge in [0.05, 0.1) is 32.0 Å². The largest absolute Gasteiger partial charge is 0.495 e. The Labute approximate surface area is 150 Å². The molecule has 128 valence electrons. The molecule has 0 amide bonds. The average Bonchev–Trinajstić information content (AvgIpc) is 3.05. The van der Waals surface area contributed by atoms with E-state index < -0.39 is 0 Å². The first-order valence-corrected chi connectivity index (χ1v) is 8.55. The van der Waals surface area contributed by atoms with Crippen LogP contribution in [0.15, 0.2) is 54.6 Å². The fourth-order valence-corrected chi connectivity index (χ4v) is 3.39. The maximum Gasteiger partial charge on any atom is 0.310 e. The molecular formula is C19H18N2O3S. The number of benzene rings is 2. The van der Waals surface area contributed by atoms with Gasteiger partial charge in [0.2, 0.25) is 0 Å². The van der Waals surface area contributed by atoms with Gasteiger partial charge in [-0.15, -0.1) is 11.3 Å². The summed E-state index contributed by atoms with van der Waals surface area (Å²) in [5, 5.41) is 3.97. The lowest BCUT2D eigenvalue weighted by atomic mass is 10.1. The van der Waals surface area contributed by atoms with Crippen LogP contribution in [0.2, 0.25) is 0 Å². The van der Waals surface area contributed by atoms with Gasteiger partial charge in [0, 0.05) is 10.4 Å². The highest BCUT2D eigenvalue weighted by atomic mass is 32.1. The summed E-state index contributed by atoms with van der Waals surface area (Å²) in [6.07, 6.45) is 0.187. The van der Waals surface area contributed by atoms with Gasteiger partial charge in [-0.05, 0) is 12.1 Å². The summed E-state index contributed by atoms with van der Waals surface area (Å²) in [5.74, 6) is 0.443. The number of nitrogens with zero attached hydrogens (tertiary/aromatic N) is 1. The van der Waals surface area contributed by atoms with E-state index in [9.17, 15) is 4.79 Å². The molecule has 0 bridgehead atoms. The third-order valence-electron chi connectivity index (χ3n) is 3.63. The minimum atomic E-state index is -0.287. The Morgan fingerprint density at radius 3 is 2.52 bits per heavy atom. The molecule has 1 heterocycles. The van der Waals surface area contributed by atoms with Crippen molar-refractivity contribution in [1.82, 2.24) is 4.98 Å². The number of esters is 1. The van der Waals surface area contributed by atoms with Crippen molar-refractivity contribution < 1.29 is 14.3 Å². The topological polar surface area (TPSA) is 60.5 Å². The number of carbonyl (C=O) groups is 1. The summed E-state index contributed by atoms with van der Waals surface area (Å²) >= 11 is 1.43. The molecule has 3 aromatic rings. The van der Waals surface area contributed by atoms with Crippen LogP contribution in [0, 0.1) is 0 Å². The van der Waals surface area contributed by atoms with Crippen LogP contribution in [0.1, 0.15) is 4.88 Å². The second-order valence-electron chi connectivity index (χ2n) is 5.24. The molecule has 0 fully saturated rings. The van der Waals surface area contributed by atoms with E-state index in [1.165, 1.54) is 18.4 Å². The summed E-state index contributed by atoms with van der Waals surface area (Å²) in [6, 6.07) is 17.4. The molecule has 3 rings (SSSR count). The van der Waals surface area contributed by atoms with Gasteiger partial charge in [-0.2, -0.15) is 0 Å². The maximum atomic E-state index is 11.7. The Hall–Kier alpha value is -2.86. The molecular weight excluding hydrogens is 336 g/mol. The van der Waals surface area contributed by atoms with Crippen molar-refractivity contribution in [2.75, 3.05) is 19.5 Å². The van der Waals surface area contributed by atoms with Crippen molar-refractivity contribution in [2.24, 2.45) is 0 Å². The van der Waals surface area contributed by atoms with Gasteiger partial charge in [0.15, 0.2) is 5.13 Å². The Kier molecular flexibility index (Phi) is 5.30. The number of methoxy groups -OCH3 is 2. The molecule has 25 heavy (non-hydrogen) atoms. The fraction of sp³-hybridized carbons (Fsp3) is 0.158. The van der Waals surface area contributed by atoms with Crippen molar-refractivity contribution >= 4 is 28.1 Å². The highest BCUT2D eigenvalue weighted by Gasteiger charge is 2.17. The first kappa shape index (κ1) is 17.0. The predicted molar refractivity (Wildman–Crippen MR) is 99.5 cm³/mol. The SMILES string of the molecule is COC(=O)Cc1sc(Nc2ccccc2OC)nc1-c1ccccc1. The van der Waals surface area contributed by atoms with E-state index in [2.05, 4.69) is 10.3 Å². The third kappa shape index (κ3) is 3.97. The molecule has 0 spiro atoms. The highest BCUT2D eigenvalue weighted by Crippen LogP contribution is 2.35. The van der Waals surface area contributed by atoms with Gasteiger partial charge in [0.25, 0.3) is 0 Å². The highest BCUT2D eigenvalue weighted by molar-refractivity contribution is 7.16. The lowest BCUT2D eigenvalue weighted by Gasteiger charge is -2.08. The summed E-state index contributed by atoms with van der Waals surface area (Å²) in [4.78, 5) is 17.3. The number of ether oxygens (including phenoxy) is 2. The van der Waals surface area contributed by atoms with Crippen molar-refractivity contribution in [3.8, 4) is 17.0 Å². The second-order valence-corrected chi connectivity index (χ2v) is 6.32. The third-order valence-corrected chi connectivity index (χ3v) is 4.60. The molecule has 0 saturated heterocycles. The Morgan fingerprint density at radius 2 is 1.80 bits per heavy atom. The van der Waals surface area contributed by atoms with Crippen LogP contribution in [0.5, 0.6) is 5.75 Å². The van der Waals surface area contributed by atoms with E-state index in [-0.39, 0.29) is 12.4 Å². The molecule has 1 aromatic heterocycles. The quantitative estimate of drug-likeness (QED) is 0.670. The standard InChI is InChI=1S/C19H18N2O3S/c1-23-15-11-7-6-10-14(15)20-19-21-18(13-8-4-3-5-9-13)16(25-19)12-17(22)24-2/h3-11H,12H2,1-2H3,(H,20,21). The van der Waals surface area contributed by atoms with Crippen molar-refractivity contribution in [1.29, 1.82) is 0 Å². The molecule has 0 aliphatic carbocycles. The molecule has 2 aromatic carbocycles. The molecule has 0 aliphatic rings. The van der Waals surface area contributed by atoms with Gasteiger partial charge in [-0.3, -0.25) is 4.79 Å². The van der Waals surface area contributed by atoms with Crippen LogP contribution in [0.4, 0.5) is 10.8 Å². The fourth-order valence-electron chi connectivity index (χ4n) is 2.41. The number of nitrogens with one attached hydrogen (secondary N) is 1. The number of anilines is 2. The molecule has 1 N–H and O–H groups in total. The zero-order valence-corrected chi connectivity index (χ0v) is 14.8. The van der Waals surface area contributed by atoms with E-state index in [1.807, 2.05) is 54.6 Å². The number of hydrogen-bond donors (Lipinski definition) is 1. The molecule has 5 nitrogen and oxygen atoms in total. The summed E-state index contributed by atoms with van der Waals surface area (Å²) in [5.41, 5.74) is 2.57. The Bertz CT molecular complexity index is 862. The van der Waals surface area contributed by atoms with E-state index >= 15 is 0 Å². The van der Waals surface area contributed by atoms with Crippen LogP contribution in [0.25, 0.3) is 11.3 Å². The number of para-hydroxylation sites is 2. The first-order valence-electron chi connectivity index (χ1n) is 7.73. The van der Waals surface area contributed by atoms with Crippen LogP contribution < -0.4 is 10.1 Å². The Morgan fingerprint density at radius 1 is 1.08 bits per heavy atom. The normalized spacial score (nSPS) is 10.3. The number of carbonyl (C=O) groups excluding carboxylic acids is 1. The molecule has 6 heteroatoms. The van der Waals surface area contributed by atoms with Crippen molar-refractivity contribution in [3.63, 3.8) is 0 Å². The summed E-state index contributed by atoms with van der Waals surface area (Å²) in [6.45, 7) is 0. The maximum absolute atomic E-state index is 11.7. The molecule has 0 aliphatic heterocycles. The molecule has 0 radical (unpaired) electrons. The van der Waals surface area contributed by atoms with Crippen LogP contribution in [-0.2, 0) is 16.0 Å².